The summed E-state index contributed by atoms with van der Waals surface area (Å²) in [6, 6.07) is 1.74. The average molecular weight is 275 g/mol. The second kappa shape index (κ2) is 4.34. The maximum Gasteiger partial charge on any atom is 0.302 e. The van der Waals surface area contributed by atoms with E-state index in [1.165, 1.54) is 4.90 Å². The lowest BCUT2D eigenvalue weighted by Gasteiger charge is -2.15. The number of halogens is 1. The van der Waals surface area contributed by atoms with Gasteiger partial charge in [-0.1, -0.05) is 0 Å². The first-order chi connectivity index (χ1) is 8.26. The highest BCUT2D eigenvalue weighted by Crippen LogP contribution is 2.26. The molecule has 1 aromatic heterocycles. The third-order valence-corrected chi connectivity index (χ3v) is 3.76. The van der Waals surface area contributed by atoms with Crippen LogP contribution in [0.15, 0.2) is 6.07 Å². The summed E-state index contributed by atoms with van der Waals surface area (Å²) in [6.07, 6.45) is 0.0490. The summed E-state index contributed by atoms with van der Waals surface area (Å²) < 4.78 is 35.3. The van der Waals surface area contributed by atoms with E-state index in [9.17, 15) is 17.1 Å². The van der Waals surface area contributed by atoms with Crippen molar-refractivity contribution in [2.75, 3.05) is 17.2 Å². The van der Waals surface area contributed by atoms with Gasteiger partial charge in [0.1, 0.15) is 5.82 Å². The first-order valence-electron chi connectivity index (χ1n) is 5.49. The summed E-state index contributed by atoms with van der Waals surface area (Å²) in [4.78, 5) is 13.3. The number of amides is 1. The molecular weight excluding hydrogens is 261 g/mol. The normalized spacial score (nSPS) is 20.7. The van der Waals surface area contributed by atoms with Crippen LogP contribution < -0.4 is 4.90 Å². The number of anilines is 1. The van der Waals surface area contributed by atoms with E-state index in [2.05, 4.69) is 5.10 Å². The molecule has 1 atom stereocenters. The molecule has 18 heavy (non-hydrogen) atoms. The van der Waals surface area contributed by atoms with Gasteiger partial charge in [-0.2, -0.15) is 13.5 Å². The predicted molar refractivity (Wildman–Crippen MR) is 63.3 cm³/mol. The van der Waals surface area contributed by atoms with Gasteiger partial charge in [-0.15, -0.1) is 3.89 Å². The van der Waals surface area contributed by atoms with E-state index in [1.54, 1.807) is 24.7 Å². The lowest BCUT2D eigenvalue weighted by atomic mass is 10.1. The van der Waals surface area contributed by atoms with Crippen molar-refractivity contribution in [3.63, 3.8) is 0 Å². The molecule has 8 heteroatoms. The Morgan fingerprint density at radius 2 is 2.22 bits per heavy atom. The molecule has 2 heterocycles. The van der Waals surface area contributed by atoms with E-state index in [4.69, 9.17) is 0 Å². The van der Waals surface area contributed by atoms with Gasteiger partial charge in [-0.3, -0.25) is 14.4 Å². The quantitative estimate of drug-likeness (QED) is 0.748. The first kappa shape index (κ1) is 13.0. The van der Waals surface area contributed by atoms with Crippen molar-refractivity contribution in [3.05, 3.63) is 11.8 Å². The van der Waals surface area contributed by atoms with Crippen molar-refractivity contribution >= 4 is 21.9 Å². The number of aryl methyl sites for hydroxylation is 2. The molecule has 1 aromatic rings. The van der Waals surface area contributed by atoms with Gasteiger partial charge in [-0.25, -0.2) is 0 Å². The van der Waals surface area contributed by atoms with E-state index in [0.29, 0.717) is 5.82 Å². The number of hydrogen-bond acceptors (Lipinski definition) is 4. The molecule has 0 radical (unpaired) electrons. The molecule has 1 unspecified atom stereocenters. The summed E-state index contributed by atoms with van der Waals surface area (Å²) in [5.74, 6) is -0.697. The highest BCUT2D eigenvalue weighted by Gasteiger charge is 2.34. The van der Waals surface area contributed by atoms with E-state index in [-0.39, 0.29) is 18.9 Å². The average Bonchev–Trinajstić information content (AvgIpc) is 2.67. The Bertz CT molecular complexity index is 581. The molecule has 1 aliphatic heterocycles. The van der Waals surface area contributed by atoms with Gasteiger partial charge in [-0.05, 0) is 6.92 Å². The minimum absolute atomic E-state index is 0.0490. The highest BCUT2D eigenvalue weighted by atomic mass is 32.3. The fourth-order valence-corrected chi connectivity index (χ4v) is 3.03. The van der Waals surface area contributed by atoms with Crippen LogP contribution in [0, 0.1) is 12.8 Å². The standard InChI is InChI=1S/C10H14FN3O3S/c1-7-3-9(13(2)12-7)14-5-8(4-10(14)15)6-18(11,16)17/h3,8H,4-6H2,1-2H3. The SMILES string of the molecule is Cc1cc(N2CC(CS(=O)(=O)F)CC2=O)n(C)n1. The van der Waals surface area contributed by atoms with Crippen LogP contribution in [0.25, 0.3) is 0 Å². The van der Waals surface area contributed by atoms with Gasteiger partial charge in [0, 0.05) is 32.0 Å². The minimum Gasteiger partial charge on any atom is -0.297 e. The molecule has 0 saturated carbocycles. The number of carbonyl (C=O) groups is 1. The Hall–Kier alpha value is -1.44. The molecule has 0 aromatic carbocycles. The largest absolute Gasteiger partial charge is 0.302 e. The van der Waals surface area contributed by atoms with Crippen LogP contribution in [0.2, 0.25) is 0 Å². The van der Waals surface area contributed by atoms with E-state index in [1.807, 2.05) is 0 Å². The van der Waals surface area contributed by atoms with Crippen molar-refractivity contribution < 1.29 is 17.1 Å². The van der Waals surface area contributed by atoms with E-state index >= 15 is 0 Å². The number of hydrogen-bond donors (Lipinski definition) is 0. The zero-order valence-electron chi connectivity index (χ0n) is 10.1. The first-order valence-corrected chi connectivity index (χ1v) is 7.05. The summed E-state index contributed by atoms with van der Waals surface area (Å²) >= 11 is 0. The van der Waals surface area contributed by atoms with Gasteiger partial charge in [0.2, 0.25) is 5.91 Å². The maximum atomic E-state index is 12.6. The van der Waals surface area contributed by atoms with Gasteiger partial charge in [0.15, 0.2) is 0 Å². The predicted octanol–water partition coefficient (Wildman–Crippen LogP) is 0.381. The molecule has 1 amide bonds. The molecule has 1 aliphatic rings. The molecule has 1 saturated heterocycles. The van der Waals surface area contributed by atoms with Crippen LogP contribution >= 0.6 is 0 Å². The van der Waals surface area contributed by atoms with Crippen LogP contribution in [-0.2, 0) is 22.1 Å². The monoisotopic (exact) mass is 275 g/mol. The fourth-order valence-electron chi connectivity index (χ4n) is 2.25. The summed E-state index contributed by atoms with van der Waals surface area (Å²) in [7, 11) is -2.84. The Kier molecular flexibility index (Phi) is 3.14. The van der Waals surface area contributed by atoms with Crippen LogP contribution in [0.3, 0.4) is 0 Å². The maximum absolute atomic E-state index is 12.6. The zero-order chi connectivity index (χ0) is 13.5. The summed E-state index contributed by atoms with van der Waals surface area (Å²) in [5, 5.41) is 4.12. The smallest absolute Gasteiger partial charge is 0.297 e. The molecule has 0 aliphatic carbocycles. The molecular formula is C10H14FN3O3S. The number of carbonyl (C=O) groups excluding carboxylic acids is 1. The highest BCUT2D eigenvalue weighted by molar-refractivity contribution is 7.86. The second-order valence-corrected chi connectivity index (χ2v) is 5.96. The third-order valence-electron chi connectivity index (χ3n) is 2.89. The van der Waals surface area contributed by atoms with Gasteiger partial charge in [0.25, 0.3) is 0 Å². The van der Waals surface area contributed by atoms with Gasteiger partial charge in [0.05, 0.1) is 11.4 Å². The Balaban J connectivity index is 2.17. The fraction of sp³-hybridized carbons (Fsp3) is 0.600. The van der Waals surface area contributed by atoms with Crippen LogP contribution in [-0.4, -0.2) is 36.4 Å². The molecule has 0 spiro atoms. The van der Waals surface area contributed by atoms with Crippen molar-refractivity contribution in [1.82, 2.24) is 9.78 Å². The third kappa shape index (κ3) is 2.69. The number of nitrogens with zero attached hydrogens (tertiary/aromatic N) is 3. The Morgan fingerprint density at radius 1 is 1.56 bits per heavy atom. The number of aromatic nitrogens is 2. The van der Waals surface area contributed by atoms with E-state index < -0.39 is 21.9 Å². The molecule has 2 rings (SSSR count). The molecule has 0 N–H and O–H groups in total. The van der Waals surface area contributed by atoms with Crippen LogP contribution in [0.1, 0.15) is 12.1 Å². The molecule has 0 bridgehead atoms. The Labute approximate surface area is 105 Å². The van der Waals surface area contributed by atoms with Crippen molar-refractivity contribution in [1.29, 1.82) is 0 Å². The van der Waals surface area contributed by atoms with Gasteiger partial charge < -0.3 is 0 Å². The zero-order valence-corrected chi connectivity index (χ0v) is 10.9. The van der Waals surface area contributed by atoms with Gasteiger partial charge >= 0.3 is 10.2 Å². The number of rotatable bonds is 3. The van der Waals surface area contributed by atoms with Crippen LogP contribution in [0.4, 0.5) is 9.70 Å². The van der Waals surface area contributed by atoms with Crippen molar-refractivity contribution in [2.45, 2.75) is 13.3 Å². The molecule has 100 valence electrons. The van der Waals surface area contributed by atoms with Crippen LogP contribution in [0.5, 0.6) is 0 Å². The minimum atomic E-state index is -4.54. The van der Waals surface area contributed by atoms with Crippen molar-refractivity contribution in [3.8, 4) is 0 Å². The molecule has 1 fully saturated rings. The lowest BCUT2D eigenvalue weighted by Crippen LogP contribution is -2.27. The molecule has 6 nitrogen and oxygen atoms in total. The van der Waals surface area contributed by atoms with Crippen molar-refractivity contribution in [2.24, 2.45) is 13.0 Å². The van der Waals surface area contributed by atoms with E-state index in [0.717, 1.165) is 5.69 Å². The summed E-state index contributed by atoms with van der Waals surface area (Å²) in [5.41, 5.74) is 0.766. The lowest BCUT2D eigenvalue weighted by molar-refractivity contribution is -0.117. The topological polar surface area (TPSA) is 72.3 Å². The summed E-state index contributed by atoms with van der Waals surface area (Å²) in [6.45, 7) is 2.01. The second-order valence-electron chi connectivity index (χ2n) is 4.55. The Morgan fingerprint density at radius 3 is 2.72 bits per heavy atom.